The van der Waals surface area contributed by atoms with E-state index in [1.165, 1.54) is 21.9 Å². The summed E-state index contributed by atoms with van der Waals surface area (Å²) in [5.41, 5.74) is 3.42. The molecule has 0 bridgehead atoms. The molecular weight excluding hydrogens is 312 g/mol. The standard InChI is InChI=1S/C22H20O3/c1-22(12-16-6-8-18-4-2-3-5-19(18)10-16)14-25-21-11-17(13-24-15-23)7-9-20(21)22/h2-11,15H,12-14H2,1H3. The molecule has 0 amide bonds. The number of rotatable bonds is 5. The highest BCUT2D eigenvalue weighted by Crippen LogP contribution is 2.41. The molecule has 0 saturated carbocycles. The van der Waals surface area contributed by atoms with E-state index in [-0.39, 0.29) is 12.0 Å². The fraction of sp³-hybridized carbons (Fsp3) is 0.227. The van der Waals surface area contributed by atoms with Crippen LogP contribution in [0.1, 0.15) is 23.6 Å². The molecule has 3 heteroatoms. The van der Waals surface area contributed by atoms with Crippen LogP contribution >= 0.6 is 0 Å². The van der Waals surface area contributed by atoms with Crippen LogP contribution < -0.4 is 4.74 Å². The van der Waals surface area contributed by atoms with Gasteiger partial charge in [0.1, 0.15) is 12.4 Å². The Balaban J connectivity index is 1.61. The fourth-order valence-electron chi connectivity index (χ4n) is 3.67. The quantitative estimate of drug-likeness (QED) is 0.649. The zero-order valence-corrected chi connectivity index (χ0v) is 14.2. The van der Waals surface area contributed by atoms with Gasteiger partial charge in [0.2, 0.25) is 0 Å². The number of carbonyl (C=O) groups is 1. The molecule has 126 valence electrons. The molecule has 1 unspecified atom stereocenters. The topological polar surface area (TPSA) is 35.5 Å². The molecule has 0 fully saturated rings. The summed E-state index contributed by atoms with van der Waals surface area (Å²) in [7, 11) is 0. The highest BCUT2D eigenvalue weighted by molar-refractivity contribution is 5.83. The van der Waals surface area contributed by atoms with Crippen molar-refractivity contribution in [3.8, 4) is 5.75 Å². The molecule has 0 spiro atoms. The summed E-state index contributed by atoms with van der Waals surface area (Å²) in [6.45, 7) is 3.65. The van der Waals surface area contributed by atoms with Gasteiger partial charge in [-0.3, -0.25) is 4.79 Å². The van der Waals surface area contributed by atoms with Crippen LogP contribution in [-0.2, 0) is 28.0 Å². The first-order valence-electron chi connectivity index (χ1n) is 8.47. The Morgan fingerprint density at radius 3 is 2.68 bits per heavy atom. The normalized spacial score (nSPS) is 18.6. The Morgan fingerprint density at radius 2 is 1.84 bits per heavy atom. The first kappa shape index (κ1) is 15.7. The number of carbonyl (C=O) groups excluding carboxylic acids is 1. The van der Waals surface area contributed by atoms with Gasteiger partial charge < -0.3 is 9.47 Å². The number of hydrogen-bond donors (Lipinski definition) is 0. The highest BCUT2D eigenvalue weighted by Gasteiger charge is 2.36. The van der Waals surface area contributed by atoms with Crippen molar-refractivity contribution < 1.29 is 14.3 Å². The third-order valence-electron chi connectivity index (χ3n) is 4.97. The van der Waals surface area contributed by atoms with E-state index in [0.717, 1.165) is 17.7 Å². The van der Waals surface area contributed by atoms with Crippen molar-refractivity contribution in [3.05, 3.63) is 77.4 Å². The van der Waals surface area contributed by atoms with E-state index in [0.29, 0.717) is 13.1 Å². The number of ether oxygens (including phenoxy) is 2. The molecule has 0 saturated heterocycles. The molecule has 0 aromatic heterocycles. The second kappa shape index (κ2) is 6.25. The van der Waals surface area contributed by atoms with Crippen LogP contribution in [0.2, 0.25) is 0 Å². The summed E-state index contributed by atoms with van der Waals surface area (Å²) < 4.78 is 10.8. The zero-order valence-electron chi connectivity index (χ0n) is 14.2. The zero-order chi connectivity index (χ0) is 17.3. The Morgan fingerprint density at radius 1 is 1.04 bits per heavy atom. The second-order valence-electron chi connectivity index (χ2n) is 6.95. The molecular formula is C22H20O3. The molecule has 25 heavy (non-hydrogen) atoms. The Labute approximate surface area is 147 Å². The summed E-state index contributed by atoms with van der Waals surface area (Å²) in [6, 6.07) is 21.2. The van der Waals surface area contributed by atoms with Crippen LogP contribution in [0.15, 0.2) is 60.7 Å². The fourth-order valence-corrected chi connectivity index (χ4v) is 3.67. The van der Waals surface area contributed by atoms with Gasteiger partial charge in [-0.25, -0.2) is 0 Å². The van der Waals surface area contributed by atoms with E-state index in [9.17, 15) is 4.79 Å². The third kappa shape index (κ3) is 2.98. The van der Waals surface area contributed by atoms with Crippen molar-refractivity contribution in [2.24, 2.45) is 0 Å². The molecule has 1 aliphatic rings. The molecule has 0 N–H and O–H groups in total. The van der Waals surface area contributed by atoms with Gasteiger partial charge in [-0.05, 0) is 34.4 Å². The molecule has 4 rings (SSSR count). The lowest BCUT2D eigenvalue weighted by Crippen LogP contribution is -2.26. The molecule has 3 aromatic carbocycles. The number of benzene rings is 3. The molecule has 1 heterocycles. The lowest BCUT2D eigenvalue weighted by atomic mass is 9.78. The number of hydrogen-bond acceptors (Lipinski definition) is 3. The minimum atomic E-state index is -0.0537. The Hall–Kier alpha value is -2.81. The first-order chi connectivity index (χ1) is 12.2. The minimum Gasteiger partial charge on any atom is -0.492 e. The lowest BCUT2D eigenvalue weighted by molar-refractivity contribution is -0.129. The SMILES string of the molecule is CC1(Cc2ccc3ccccc3c2)COc2cc(COC=O)ccc21. The van der Waals surface area contributed by atoms with Gasteiger partial charge >= 0.3 is 0 Å². The molecule has 3 aromatic rings. The van der Waals surface area contributed by atoms with Gasteiger partial charge in [0.15, 0.2) is 0 Å². The second-order valence-corrected chi connectivity index (χ2v) is 6.95. The summed E-state index contributed by atoms with van der Waals surface area (Å²) in [5.74, 6) is 0.898. The van der Waals surface area contributed by atoms with Crippen LogP contribution in [-0.4, -0.2) is 13.1 Å². The third-order valence-corrected chi connectivity index (χ3v) is 4.97. The van der Waals surface area contributed by atoms with Gasteiger partial charge in [0.25, 0.3) is 6.47 Å². The molecule has 1 atom stereocenters. The van der Waals surface area contributed by atoms with Crippen molar-refractivity contribution in [2.75, 3.05) is 6.61 Å². The average Bonchev–Trinajstić information content (AvgIpc) is 2.96. The van der Waals surface area contributed by atoms with Crippen molar-refractivity contribution in [3.63, 3.8) is 0 Å². The van der Waals surface area contributed by atoms with Crippen LogP contribution in [0, 0.1) is 0 Å². The van der Waals surface area contributed by atoms with E-state index in [1.54, 1.807) is 0 Å². The van der Waals surface area contributed by atoms with Crippen LogP contribution in [0.3, 0.4) is 0 Å². The van der Waals surface area contributed by atoms with E-state index in [1.807, 2.05) is 12.1 Å². The summed E-state index contributed by atoms with van der Waals surface area (Å²) >= 11 is 0. The smallest absolute Gasteiger partial charge is 0.293 e. The van der Waals surface area contributed by atoms with Crippen molar-refractivity contribution in [1.29, 1.82) is 0 Å². The van der Waals surface area contributed by atoms with Crippen molar-refractivity contribution in [2.45, 2.75) is 25.4 Å². The molecule has 0 aliphatic carbocycles. The summed E-state index contributed by atoms with van der Waals surface area (Å²) in [6.07, 6.45) is 0.926. The predicted molar refractivity (Wildman–Crippen MR) is 97.8 cm³/mol. The first-order valence-corrected chi connectivity index (χ1v) is 8.47. The van der Waals surface area contributed by atoms with Crippen LogP contribution in [0.5, 0.6) is 5.75 Å². The Bertz CT molecular complexity index is 931. The predicted octanol–water partition coefficient (Wildman–Crippen LogP) is 4.41. The van der Waals surface area contributed by atoms with E-state index in [2.05, 4.69) is 55.5 Å². The lowest BCUT2D eigenvalue weighted by Gasteiger charge is -2.23. The molecule has 1 aliphatic heterocycles. The van der Waals surface area contributed by atoms with E-state index >= 15 is 0 Å². The highest BCUT2D eigenvalue weighted by atomic mass is 16.5. The maximum absolute atomic E-state index is 10.4. The van der Waals surface area contributed by atoms with Crippen LogP contribution in [0.4, 0.5) is 0 Å². The number of fused-ring (bicyclic) bond motifs is 2. The summed E-state index contributed by atoms with van der Waals surface area (Å²) in [4.78, 5) is 10.4. The van der Waals surface area contributed by atoms with Crippen molar-refractivity contribution in [1.82, 2.24) is 0 Å². The van der Waals surface area contributed by atoms with E-state index < -0.39 is 0 Å². The van der Waals surface area contributed by atoms with E-state index in [4.69, 9.17) is 9.47 Å². The van der Waals surface area contributed by atoms with Crippen LogP contribution in [0.25, 0.3) is 10.8 Å². The largest absolute Gasteiger partial charge is 0.492 e. The minimum absolute atomic E-state index is 0.0537. The van der Waals surface area contributed by atoms with Gasteiger partial charge in [0.05, 0.1) is 6.61 Å². The molecule has 3 nitrogen and oxygen atoms in total. The Kier molecular flexibility index (Phi) is 3.92. The van der Waals surface area contributed by atoms with Gasteiger partial charge in [0, 0.05) is 11.0 Å². The van der Waals surface area contributed by atoms with Gasteiger partial charge in [-0.2, -0.15) is 0 Å². The summed E-state index contributed by atoms with van der Waals surface area (Å²) in [5, 5.41) is 2.53. The maximum atomic E-state index is 10.4. The average molecular weight is 332 g/mol. The van der Waals surface area contributed by atoms with Gasteiger partial charge in [-0.1, -0.05) is 61.5 Å². The van der Waals surface area contributed by atoms with Crippen molar-refractivity contribution >= 4 is 17.2 Å². The maximum Gasteiger partial charge on any atom is 0.293 e. The van der Waals surface area contributed by atoms with Gasteiger partial charge in [-0.15, -0.1) is 0 Å². The monoisotopic (exact) mass is 332 g/mol. The molecule has 0 radical (unpaired) electrons.